The molecule has 3 N–H and O–H groups in total. The minimum atomic E-state index is -0.572. The van der Waals surface area contributed by atoms with Crippen LogP contribution in [-0.2, 0) is 0 Å². The van der Waals surface area contributed by atoms with Gasteiger partial charge in [0.05, 0.1) is 12.6 Å². The molecule has 1 unspecified atom stereocenters. The van der Waals surface area contributed by atoms with Gasteiger partial charge in [0.15, 0.2) is 0 Å². The van der Waals surface area contributed by atoms with E-state index in [9.17, 15) is 0 Å². The van der Waals surface area contributed by atoms with Crippen LogP contribution in [0.25, 0.3) is 0 Å². The molecule has 5 heteroatoms. The smallest absolute Gasteiger partial charge is 0.0625 e. The fraction of sp³-hybridized carbons (Fsp3) is 0.250. The van der Waals surface area contributed by atoms with Gasteiger partial charge in [-0.3, -0.25) is 0 Å². The standard InChI is InChI=1S/C8H8Cl3NO/c9-4-1-5(10)8(6(11)2-4)7(12)3-13/h1-2,7,13H,3,12H2. The largest absolute Gasteiger partial charge is 0.394 e. The SMILES string of the molecule is NC(CO)c1c(Cl)cc(Cl)cc1Cl. The molecule has 0 aliphatic rings. The molecule has 0 amide bonds. The highest BCUT2D eigenvalue weighted by molar-refractivity contribution is 6.39. The number of benzene rings is 1. The monoisotopic (exact) mass is 239 g/mol. The van der Waals surface area contributed by atoms with Crippen molar-refractivity contribution in [1.29, 1.82) is 0 Å². The zero-order valence-corrected chi connectivity index (χ0v) is 8.87. The van der Waals surface area contributed by atoms with E-state index in [1.165, 1.54) is 0 Å². The molecule has 0 spiro atoms. The van der Waals surface area contributed by atoms with Gasteiger partial charge in [0.25, 0.3) is 0 Å². The van der Waals surface area contributed by atoms with Gasteiger partial charge in [-0.25, -0.2) is 0 Å². The lowest BCUT2D eigenvalue weighted by molar-refractivity contribution is 0.268. The summed E-state index contributed by atoms with van der Waals surface area (Å²) in [5.74, 6) is 0. The van der Waals surface area contributed by atoms with Crippen LogP contribution in [0.15, 0.2) is 12.1 Å². The van der Waals surface area contributed by atoms with Crippen LogP contribution in [0, 0.1) is 0 Å². The molecule has 0 saturated carbocycles. The van der Waals surface area contributed by atoms with Crippen LogP contribution in [0.5, 0.6) is 0 Å². The van der Waals surface area contributed by atoms with E-state index in [-0.39, 0.29) is 6.61 Å². The normalized spacial score (nSPS) is 13.0. The summed E-state index contributed by atoms with van der Waals surface area (Å²) < 4.78 is 0. The zero-order valence-electron chi connectivity index (χ0n) is 6.60. The fourth-order valence-electron chi connectivity index (χ4n) is 0.999. The Bertz CT molecular complexity index is 293. The second-order valence-corrected chi connectivity index (χ2v) is 3.82. The first-order valence-electron chi connectivity index (χ1n) is 3.57. The second kappa shape index (κ2) is 4.49. The number of hydrogen-bond donors (Lipinski definition) is 2. The summed E-state index contributed by atoms with van der Waals surface area (Å²) in [6, 6.07) is 2.51. The van der Waals surface area contributed by atoms with E-state index in [0.717, 1.165) is 0 Å². The van der Waals surface area contributed by atoms with E-state index < -0.39 is 6.04 Å². The van der Waals surface area contributed by atoms with Crippen molar-refractivity contribution < 1.29 is 5.11 Å². The van der Waals surface area contributed by atoms with E-state index >= 15 is 0 Å². The molecule has 13 heavy (non-hydrogen) atoms. The molecule has 1 aromatic rings. The van der Waals surface area contributed by atoms with Crippen molar-refractivity contribution in [1.82, 2.24) is 0 Å². The van der Waals surface area contributed by atoms with Gasteiger partial charge in [-0.1, -0.05) is 34.8 Å². The van der Waals surface area contributed by atoms with E-state index in [0.29, 0.717) is 20.6 Å². The van der Waals surface area contributed by atoms with Crippen molar-refractivity contribution in [3.8, 4) is 0 Å². The first kappa shape index (κ1) is 11.1. The van der Waals surface area contributed by atoms with Crippen LogP contribution in [0.3, 0.4) is 0 Å². The highest BCUT2D eigenvalue weighted by atomic mass is 35.5. The minimum absolute atomic E-state index is 0.207. The van der Waals surface area contributed by atoms with Crippen molar-refractivity contribution in [2.75, 3.05) is 6.61 Å². The molecule has 0 saturated heterocycles. The van der Waals surface area contributed by atoms with Crippen LogP contribution in [-0.4, -0.2) is 11.7 Å². The number of aliphatic hydroxyl groups excluding tert-OH is 1. The molecule has 0 aliphatic heterocycles. The molecule has 0 aromatic heterocycles. The Morgan fingerprint density at radius 1 is 1.23 bits per heavy atom. The predicted octanol–water partition coefficient (Wildman–Crippen LogP) is 2.64. The maximum absolute atomic E-state index is 8.83. The van der Waals surface area contributed by atoms with Crippen molar-refractivity contribution in [2.24, 2.45) is 5.73 Å². The van der Waals surface area contributed by atoms with Gasteiger partial charge in [-0.2, -0.15) is 0 Å². The molecule has 72 valence electrons. The summed E-state index contributed by atoms with van der Waals surface area (Å²) in [7, 11) is 0. The Hall–Kier alpha value is 0.01000. The van der Waals surface area contributed by atoms with Crippen molar-refractivity contribution in [3.63, 3.8) is 0 Å². The van der Waals surface area contributed by atoms with E-state index in [1.807, 2.05) is 0 Å². The van der Waals surface area contributed by atoms with Crippen molar-refractivity contribution >= 4 is 34.8 Å². The molecule has 1 aromatic carbocycles. The number of aliphatic hydroxyl groups is 1. The third kappa shape index (κ3) is 2.48. The molecular weight excluding hydrogens is 232 g/mol. The van der Waals surface area contributed by atoms with Crippen LogP contribution in [0.1, 0.15) is 11.6 Å². The molecule has 0 fully saturated rings. The maximum atomic E-state index is 8.83. The highest BCUT2D eigenvalue weighted by Crippen LogP contribution is 2.32. The van der Waals surface area contributed by atoms with Gasteiger partial charge in [0, 0.05) is 20.6 Å². The van der Waals surface area contributed by atoms with Crippen molar-refractivity contribution in [2.45, 2.75) is 6.04 Å². The quantitative estimate of drug-likeness (QED) is 0.835. The van der Waals surface area contributed by atoms with E-state index in [1.54, 1.807) is 12.1 Å². The fourth-order valence-corrected chi connectivity index (χ4v) is 2.10. The molecule has 0 radical (unpaired) electrons. The predicted molar refractivity (Wildman–Crippen MR) is 55.5 cm³/mol. The summed E-state index contributed by atoms with van der Waals surface area (Å²) in [5, 5.41) is 10.0. The minimum Gasteiger partial charge on any atom is -0.394 e. The lowest BCUT2D eigenvalue weighted by Crippen LogP contribution is -2.15. The van der Waals surface area contributed by atoms with Crippen LogP contribution < -0.4 is 5.73 Å². The lowest BCUT2D eigenvalue weighted by atomic mass is 10.1. The summed E-state index contributed by atoms with van der Waals surface area (Å²) >= 11 is 17.4. The van der Waals surface area contributed by atoms with Gasteiger partial charge in [-0.15, -0.1) is 0 Å². The van der Waals surface area contributed by atoms with Crippen LogP contribution in [0.2, 0.25) is 15.1 Å². The summed E-state index contributed by atoms with van der Waals surface area (Å²) in [4.78, 5) is 0. The Morgan fingerprint density at radius 3 is 2.08 bits per heavy atom. The lowest BCUT2D eigenvalue weighted by Gasteiger charge is -2.12. The van der Waals surface area contributed by atoms with Crippen LogP contribution >= 0.6 is 34.8 Å². The van der Waals surface area contributed by atoms with Gasteiger partial charge in [0.1, 0.15) is 0 Å². The van der Waals surface area contributed by atoms with Crippen molar-refractivity contribution in [3.05, 3.63) is 32.8 Å². The molecule has 0 bridgehead atoms. The van der Waals surface area contributed by atoms with Gasteiger partial charge in [0.2, 0.25) is 0 Å². The molecule has 0 aliphatic carbocycles. The highest BCUT2D eigenvalue weighted by Gasteiger charge is 2.14. The Morgan fingerprint density at radius 2 is 1.69 bits per heavy atom. The average molecular weight is 241 g/mol. The zero-order chi connectivity index (χ0) is 10.0. The van der Waals surface area contributed by atoms with E-state index in [4.69, 9.17) is 45.6 Å². The first-order valence-corrected chi connectivity index (χ1v) is 4.70. The topological polar surface area (TPSA) is 46.2 Å². The number of rotatable bonds is 2. The number of halogens is 3. The summed E-state index contributed by atoms with van der Waals surface area (Å²) in [6.45, 7) is -0.207. The Balaban J connectivity index is 3.20. The molecule has 1 atom stereocenters. The average Bonchev–Trinajstić information content (AvgIpc) is 2.02. The Kier molecular flexibility index (Phi) is 3.83. The summed E-state index contributed by atoms with van der Waals surface area (Å²) in [5.41, 5.74) is 6.11. The molecule has 0 heterocycles. The third-order valence-corrected chi connectivity index (χ3v) is 2.45. The van der Waals surface area contributed by atoms with Crippen LogP contribution in [0.4, 0.5) is 0 Å². The van der Waals surface area contributed by atoms with Gasteiger partial charge >= 0.3 is 0 Å². The van der Waals surface area contributed by atoms with E-state index in [2.05, 4.69) is 0 Å². The van der Waals surface area contributed by atoms with Gasteiger partial charge in [-0.05, 0) is 12.1 Å². The first-order chi connectivity index (χ1) is 6.06. The molecule has 2 nitrogen and oxygen atoms in total. The number of hydrogen-bond acceptors (Lipinski definition) is 2. The second-order valence-electron chi connectivity index (χ2n) is 2.57. The van der Waals surface area contributed by atoms with Gasteiger partial charge < -0.3 is 10.8 Å². The third-order valence-electron chi connectivity index (χ3n) is 1.61. The summed E-state index contributed by atoms with van der Waals surface area (Å²) in [6.07, 6.45) is 0. The number of nitrogens with two attached hydrogens (primary N) is 1. The molecule has 1 rings (SSSR count). The molecular formula is C8H8Cl3NO. The Labute approximate surface area is 91.2 Å². The maximum Gasteiger partial charge on any atom is 0.0625 e.